The smallest absolute Gasteiger partial charge is 0.339 e. The number of benzene rings is 2. The Morgan fingerprint density at radius 3 is 2.72 bits per heavy atom. The van der Waals surface area contributed by atoms with Gasteiger partial charge in [0.25, 0.3) is 0 Å². The molecule has 0 saturated heterocycles. The lowest BCUT2D eigenvalue weighted by molar-refractivity contribution is 0.0694. The lowest BCUT2D eigenvalue weighted by Crippen LogP contribution is -2.24. The summed E-state index contributed by atoms with van der Waals surface area (Å²) in [4.78, 5) is 26.7. The van der Waals surface area contributed by atoms with Crippen molar-refractivity contribution in [2.45, 2.75) is 6.42 Å². The molecule has 2 heterocycles. The van der Waals surface area contributed by atoms with Crippen molar-refractivity contribution in [3.8, 4) is 11.5 Å². The van der Waals surface area contributed by atoms with Crippen molar-refractivity contribution in [3.05, 3.63) is 59.2 Å². The maximum absolute atomic E-state index is 11.5. The van der Waals surface area contributed by atoms with E-state index >= 15 is 0 Å². The van der Waals surface area contributed by atoms with Gasteiger partial charge in [0, 0.05) is 31.1 Å². The summed E-state index contributed by atoms with van der Waals surface area (Å²) >= 11 is 0. The number of hydrogen-bond donors (Lipinski definition) is 3. The number of likely N-dealkylation sites (N-methyl/N-ethyl adjacent to an activating group) is 1. The molecule has 2 aromatic carbocycles. The number of aliphatic imine (C=N–C) groups is 3. The molecule has 0 atom stereocenters. The Labute approximate surface area is 184 Å². The highest BCUT2D eigenvalue weighted by Gasteiger charge is 2.19. The minimum Gasteiger partial charge on any atom is -0.478 e. The molecule has 0 radical (unpaired) electrons. The van der Waals surface area contributed by atoms with Crippen LogP contribution in [-0.4, -0.2) is 66.2 Å². The van der Waals surface area contributed by atoms with E-state index < -0.39 is 5.97 Å². The molecule has 10 nitrogen and oxygen atoms in total. The summed E-state index contributed by atoms with van der Waals surface area (Å²) in [6.07, 6.45) is 0.373. The van der Waals surface area contributed by atoms with Crippen LogP contribution in [0.2, 0.25) is 0 Å². The molecule has 2 aromatic rings. The zero-order valence-corrected chi connectivity index (χ0v) is 17.4. The molecule has 2 aliphatic heterocycles. The first-order valence-electron chi connectivity index (χ1n) is 9.96. The molecule has 32 heavy (non-hydrogen) atoms. The van der Waals surface area contributed by atoms with Gasteiger partial charge in [-0.3, -0.25) is 10.4 Å². The number of hydrogen-bond acceptors (Lipinski definition) is 8. The number of ether oxygens (including phenoxy) is 2. The average molecular weight is 434 g/mol. The van der Waals surface area contributed by atoms with Crippen molar-refractivity contribution in [3.63, 3.8) is 0 Å². The van der Waals surface area contributed by atoms with Gasteiger partial charge < -0.3 is 25.2 Å². The number of carboxylic acids is 1. The van der Waals surface area contributed by atoms with E-state index in [1.165, 1.54) is 18.2 Å². The largest absolute Gasteiger partial charge is 0.478 e. The number of amidine groups is 3. The Balaban J connectivity index is 1.53. The van der Waals surface area contributed by atoms with Crippen molar-refractivity contribution >= 4 is 29.6 Å². The molecule has 0 saturated carbocycles. The summed E-state index contributed by atoms with van der Waals surface area (Å²) in [5.74, 6) is 0.413. The molecule has 2 aliphatic rings. The van der Waals surface area contributed by atoms with Gasteiger partial charge in [0.15, 0.2) is 0 Å². The Hall–Kier alpha value is -4.21. The molecule has 4 N–H and O–H groups in total. The van der Waals surface area contributed by atoms with Crippen LogP contribution in [0.5, 0.6) is 11.5 Å². The quantitative estimate of drug-likeness (QED) is 0.484. The highest BCUT2D eigenvalue weighted by atomic mass is 16.5. The van der Waals surface area contributed by atoms with Gasteiger partial charge in [-0.1, -0.05) is 18.2 Å². The third-order valence-corrected chi connectivity index (χ3v) is 4.90. The summed E-state index contributed by atoms with van der Waals surface area (Å²) in [5, 5.41) is 17.0. The van der Waals surface area contributed by atoms with Crippen molar-refractivity contribution in [1.82, 2.24) is 4.90 Å². The van der Waals surface area contributed by atoms with Gasteiger partial charge >= 0.3 is 12.0 Å². The third kappa shape index (κ3) is 4.59. The Morgan fingerprint density at radius 2 is 2.00 bits per heavy atom. The fourth-order valence-corrected chi connectivity index (χ4v) is 3.30. The minimum absolute atomic E-state index is 0.0504. The molecule has 0 spiro atoms. The predicted molar refractivity (Wildman–Crippen MR) is 121 cm³/mol. The molecular formula is C22H22N6O4. The van der Waals surface area contributed by atoms with Crippen LogP contribution in [0.25, 0.3) is 0 Å². The second-order valence-electron chi connectivity index (χ2n) is 7.21. The van der Waals surface area contributed by atoms with Crippen LogP contribution in [0, 0.1) is 5.41 Å². The Morgan fingerprint density at radius 1 is 1.16 bits per heavy atom. The molecule has 0 unspecified atom stereocenters. The lowest BCUT2D eigenvalue weighted by Gasteiger charge is -2.16. The molecule has 10 heteroatoms. The van der Waals surface area contributed by atoms with Crippen molar-refractivity contribution in [2.75, 3.05) is 26.7 Å². The molecule has 0 aliphatic carbocycles. The van der Waals surface area contributed by atoms with Gasteiger partial charge in [0.1, 0.15) is 28.7 Å². The zero-order valence-electron chi connectivity index (χ0n) is 17.4. The van der Waals surface area contributed by atoms with Crippen LogP contribution in [0.15, 0.2) is 57.4 Å². The third-order valence-electron chi connectivity index (χ3n) is 4.90. The summed E-state index contributed by atoms with van der Waals surface area (Å²) in [7, 11) is 1.99. The van der Waals surface area contributed by atoms with Crippen LogP contribution < -0.4 is 15.2 Å². The van der Waals surface area contributed by atoms with Crippen LogP contribution in [0.4, 0.5) is 0 Å². The maximum Gasteiger partial charge on any atom is 0.339 e. The summed E-state index contributed by atoms with van der Waals surface area (Å²) in [5.41, 5.74) is 6.74. The average Bonchev–Trinajstić information content (AvgIpc) is 3.20. The van der Waals surface area contributed by atoms with E-state index in [-0.39, 0.29) is 29.1 Å². The fraction of sp³-hybridized carbons (Fsp3) is 0.227. The Bertz CT molecular complexity index is 1170. The highest BCUT2D eigenvalue weighted by molar-refractivity contribution is 6.01. The van der Waals surface area contributed by atoms with E-state index in [9.17, 15) is 9.90 Å². The predicted octanol–water partition coefficient (Wildman–Crippen LogP) is 1.98. The molecule has 0 bridgehead atoms. The molecule has 4 rings (SSSR count). The van der Waals surface area contributed by atoms with Gasteiger partial charge in [-0.15, -0.1) is 0 Å². The molecule has 164 valence electrons. The van der Waals surface area contributed by atoms with Gasteiger partial charge in [-0.2, -0.15) is 4.99 Å². The normalized spacial score (nSPS) is 15.5. The van der Waals surface area contributed by atoms with E-state index in [1.807, 2.05) is 25.2 Å². The number of aromatic carboxylic acids is 1. The number of nitrogens with two attached hydrogens (primary N) is 1. The van der Waals surface area contributed by atoms with Crippen LogP contribution >= 0.6 is 0 Å². The van der Waals surface area contributed by atoms with E-state index in [1.54, 1.807) is 6.07 Å². The molecular weight excluding hydrogens is 412 g/mol. The zero-order chi connectivity index (χ0) is 22.7. The van der Waals surface area contributed by atoms with Gasteiger partial charge in [0.2, 0.25) is 5.90 Å². The lowest BCUT2D eigenvalue weighted by atomic mass is 10.1. The van der Waals surface area contributed by atoms with Gasteiger partial charge in [-0.25, -0.2) is 9.79 Å². The monoisotopic (exact) mass is 434 g/mol. The van der Waals surface area contributed by atoms with E-state index in [0.29, 0.717) is 24.3 Å². The first kappa shape index (κ1) is 21.0. The topological polar surface area (TPSA) is 146 Å². The fourth-order valence-electron chi connectivity index (χ4n) is 3.30. The molecule has 0 amide bonds. The second-order valence-corrected chi connectivity index (χ2v) is 7.21. The van der Waals surface area contributed by atoms with Crippen molar-refractivity contribution < 1.29 is 19.4 Å². The van der Waals surface area contributed by atoms with Gasteiger partial charge in [-0.05, 0) is 24.3 Å². The SMILES string of the molecule is CN1CCN=C1c1cccc(OC2=NCCC(Oc3cc(C(=N)N)ccc3C(=O)O)=N2)c1. The minimum atomic E-state index is -1.16. The molecule has 0 fully saturated rings. The first-order valence-corrected chi connectivity index (χ1v) is 9.96. The van der Waals surface area contributed by atoms with E-state index in [2.05, 4.69) is 19.9 Å². The Kier molecular flexibility index (Phi) is 5.84. The van der Waals surface area contributed by atoms with Gasteiger partial charge in [0.05, 0.1) is 13.1 Å². The maximum atomic E-state index is 11.5. The van der Waals surface area contributed by atoms with Crippen LogP contribution in [0.1, 0.15) is 27.9 Å². The van der Waals surface area contributed by atoms with E-state index in [4.69, 9.17) is 20.6 Å². The summed E-state index contributed by atoms with van der Waals surface area (Å²) in [6, 6.07) is 11.8. The standard InChI is InChI=1S/C22H22N6O4/c1-28-10-9-25-20(28)14-3-2-4-15(11-14)31-22-26-8-7-18(27-22)32-17-12-13(19(23)24)5-6-16(17)21(29)30/h2-6,11-12H,7-10H2,1H3,(H3,23,24)(H,29,30). The van der Waals surface area contributed by atoms with E-state index in [0.717, 1.165) is 24.5 Å². The highest BCUT2D eigenvalue weighted by Crippen LogP contribution is 2.23. The van der Waals surface area contributed by atoms with Crippen molar-refractivity contribution in [2.24, 2.45) is 20.7 Å². The number of nitrogens with zero attached hydrogens (tertiary/aromatic N) is 4. The number of carboxylic acid groups (broad SMARTS) is 1. The van der Waals surface area contributed by atoms with Crippen LogP contribution in [0.3, 0.4) is 0 Å². The number of rotatable bonds is 5. The number of nitrogens with one attached hydrogen (secondary N) is 1. The molecule has 0 aromatic heterocycles. The van der Waals surface area contributed by atoms with Crippen LogP contribution in [-0.2, 0) is 0 Å². The van der Waals surface area contributed by atoms with Crippen molar-refractivity contribution in [1.29, 1.82) is 5.41 Å². The summed E-state index contributed by atoms with van der Waals surface area (Å²) < 4.78 is 11.6. The number of nitrogen functional groups attached to an aromatic ring is 1. The number of carbonyl (C=O) groups is 1. The summed E-state index contributed by atoms with van der Waals surface area (Å²) in [6.45, 7) is 2.01. The second kappa shape index (κ2) is 8.88. The first-order chi connectivity index (χ1) is 15.4.